The molecule has 0 aliphatic heterocycles. The molecule has 0 radical (unpaired) electrons. The molecule has 38 heavy (non-hydrogen) atoms. The third kappa shape index (κ3) is 11.7. The lowest BCUT2D eigenvalue weighted by Crippen LogP contribution is -2.60. The molecule has 1 aromatic heterocycles. The summed E-state index contributed by atoms with van der Waals surface area (Å²) in [6.07, 6.45) is 1.24. The van der Waals surface area contributed by atoms with Gasteiger partial charge in [0, 0.05) is 31.3 Å². The van der Waals surface area contributed by atoms with Crippen LogP contribution in [-0.4, -0.2) is 92.6 Å². The Morgan fingerprint density at radius 1 is 1.03 bits per heavy atom. The molecular weight excluding hydrogens is 504 g/mol. The van der Waals surface area contributed by atoms with Gasteiger partial charge in [0.15, 0.2) is 5.96 Å². The lowest BCUT2D eigenvalue weighted by atomic mass is 10.1. The highest BCUT2D eigenvalue weighted by molar-refractivity contribution is 5.94. The van der Waals surface area contributed by atoms with E-state index in [1.54, 1.807) is 0 Å². The highest BCUT2D eigenvalue weighted by Crippen LogP contribution is 2.05. The van der Waals surface area contributed by atoms with Crippen molar-refractivity contribution in [2.24, 2.45) is 27.9 Å². The number of hydrogen-bond acceptors (Lipinski definition) is 9. The minimum atomic E-state index is -1.52. The van der Waals surface area contributed by atoms with Crippen molar-refractivity contribution in [2.75, 3.05) is 6.54 Å². The van der Waals surface area contributed by atoms with E-state index >= 15 is 0 Å². The summed E-state index contributed by atoms with van der Waals surface area (Å²) in [5, 5.41) is 26.7. The molecule has 0 fully saturated rings. The molecular formula is C21H36N10O7. The van der Waals surface area contributed by atoms with E-state index in [1.807, 2.05) is 0 Å². The number of carbonyl (C=O) groups is 5. The standard InChI is InChI=1S/C21H36N10O7/c1-10(32)16(31-17(34)12(22)4-5-15(23)33)19(36)30-14(7-11-8-26-9-28-11)18(35)29-13(20(37)38)3-2-6-27-21(24)25/h8-10,12-14,16,32H,2-7,22H2,1H3,(H2,23,33)(H,26,28)(H,29,35)(H,30,36)(H,31,34)(H,37,38)(H4,24,25,27). The molecule has 5 unspecified atom stereocenters. The van der Waals surface area contributed by atoms with Crippen molar-refractivity contribution >= 4 is 35.6 Å². The van der Waals surface area contributed by atoms with Crippen molar-refractivity contribution < 1.29 is 34.2 Å². The fourth-order valence-electron chi connectivity index (χ4n) is 3.21. The molecule has 212 valence electrons. The van der Waals surface area contributed by atoms with Gasteiger partial charge in [0.05, 0.1) is 18.5 Å². The first-order valence-corrected chi connectivity index (χ1v) is 11.7. The van der Waals surface area contributed by atoms with Crippen LogP contribution in [0, 0.1) is 0 Å². The number of aliphatic hydroxyl groups is 1. The van der Waals surface area contributed by atoms with E-state index in [9.17, 15) is 34.2 Å². The first-order chi connectivity index (χ1) is 17.8. The van der Waals surface area contributed by atoms with E-state index in [2.05, 4.69) is 30.9 Å². The maximum absolute atomic E-state index is 13.0. The minimum Gasteiger partial charge on any atom is -0.480 e. The Bertz CT molecular complexity index is 979. The number of nitrogens with two attached hydrogens (primary N) is 4. The Balaban J connectivity index is 2.98. The third-order valence-electron chi connectivity index (χ3n) is 5.27. The number of carbonyl (C=O) groups excluding carboxylic acids is 4. The first kappa shape index (κ1) is 31.8. The molecule has 5 atom stereocenters. The van der Waals surface area contributed by atoms with Gasteiger partial charge < -0.3 is 54.1 Å². The molecule has 1 aromatic rings. The van der Waals surface area contributed by atoms with Crippen LogP contribution < -0.4 is 38.9 Å². The van der Waals surface area contributed by atoms with Crippen LogP contribution in [-0.2, 0) is 30.4 Å². The molecule has 0 aliphatic rings. The number of nitrogens with one attached hydrogen (secondary N) is 4. The number of aromatic nitrogens is 2. The van der Waals surface area contributed by atoms with Crippen molar-refractivity contribution in [2.45, 2.75) is 69.3 Å². The van der Waals surface area contributed by atoms with Gasteiger partial charge in [-0.25, -0.2) is 9.78 Å². The van der Waals surface area contributed by atoms with Gasteiger partial charge in [0.1, 0.15) is 18.1 Å². The third-order valence-corrected chi connectivity index (χ3v) is 5.27. The Morgan fingerprint density at radius 3 is 2.21 bits per heavy atom. The van der Waals surface area contributed by atoms with E-state index in [0.717, 1.165) is 0 Å². The lowest BCUT2D eigenvalue weighted by molar-refractivity contribution is -0.142. The number of aromatic amines is 1. The van der Waals surface area contributed by atoms with Gasteiger partial charge in [-0.05, 0) is 26.2 Å². The quantitative estimate of drug-likeness (QED) is 0.0510. The van der Waals surface area contributed by atoms with Crippen LogP contribution in [0.15, 0.2) is 17.5 Å². The van der Waals surface area contributed by atoms with Crippen molar-refractivity contribution in [3.8, 4) is 0 Å². The number of carboxylic acid groups (broad SMARTS) is 1. The van der Waals surface area contributed by atoms with Crippen molar-refractivity contribution in [3.05, 3.63) is 18.2 Å². The average molecular weight is 541 g/mol. The Kier molecular flexibility index (Phi) is 13.2. The Labute approximate surface area is 218 Å². The summed E-state index contributed by atoms with van der Waals surface area (Å²) in [5.74, 6) is -4.73. The van der Waals surface area contributed by atoms with Gasteiger partial charge in [0.25, 0.3) is 0 Å². The molecule has 17 heteroatoms. The topological polar surface area (TPSA) is 307 Å². The molecule has 0 spiro atoms. The second-order valence-corrected chi connectivity index (χ2v) is 8.53. The normalized spacial score (nSPS) is 14.7. The summed E-state index contributed by atoms with van der Waals surface area (Å²) in [6.45, 7) is 1.38. The van der Waals surface area contributed by atoms with Gasteiger partial charge in [-0.1, -0.05) is 0 Å². The number of nitrogens with zero attached hydrogens (tertiary/aromatic N) is 2. The average Bonchev–Trinajstić information content (AvgIpc) is 3.34. The van der Waals surface area contributed by atoms with Crippen molar-refractivity contribution in [1.29, 1.82) is 0 Å². The monoisotopic (exact) mass is 540 g/mol. The maximum atomic E-state index is 13.0. The van der Waals surface area contributed by atoms with Crippen LogP contribution >= 0.6 is 0 Å². The molecule has 4 amide bonds. The number of guanidine groups is 1. The fourth-order valence-corrected chi connectivity index (χ4v) is 3.21. The number of hydrogen-bond donors (Lipinski definition) is 10. The van der Waals surface area contributed by atoms with Gasteiger partial charge in [-0.2, -0.15) is 0 Å². The van der Waals surface area contributed by atoms with Crippen molar-refractivity contribution in [3.63, 3.8) is 0 Å². The van der Waals surface area contributed by atoms with E-state index in [-0.39, 0.29) is 44.6 Å². The zero-order chi connectivity index (χ0) is 28.8. The molecule has 1 rings (SSSR count). The molecule has 14 N–H and O–H groups in total. The van der Waals surface area contributed by atoms with Crippen LogP contribution in [0.5, 0.6) is 0 Å². The van der Waals surface area contributed by atoms with E-state index in [1.165, 1.54) is 19.4 Å². The van der Waals surface area contributed by atoms with E-state index in [4.69, 9.17) is 22.9 Å². The number of aliphatic imine (C=N–C) groups is 1. The van der Waals surface area contributed by atoms with Gasteiger partial charge >= 0.3 is 5.97 Å². The summed E-state index contributed by atoms with van der Waals surface area (Å²) in [5.41, 5.74) is 21.7. The van der Waals surface area contributed by atoms with Crippen LogP contribution in [0.4, 0.5) is 0 Å². The predicted octanol–water partition coefficient (Wildman–Crippen LogP) is -4.48. The zero-order valence-electron chi connectivity index (χ0n) is 20.9. The number of rotatable bonds is 17. The lowest BCUT2D eigenvalue weighted by Gasteiger charge is -2.26. The fraction of sp³-hybridized carbons (Fsp3) is 0.571. The van der Waals surface area contributed by atoms with E-state index in [0.29, 0.717) is 5.69 Å². The highest BCUT2D eigenvalue weighted by atomic mass is 16.4. The van der Waals surface area contributed by atoms with Crippen LogP contribution in [0.25, 0.3) is 0 Å². The molecule has 0 aliphatic carbocycles. The van der Waals surface area contributed by atoms with Gasteiger partial charge in [-0.3, -0.25) is 24.2 Å². The maximum Gasteiger partial charge on any atom is 0.326 e. The number of imidazole rings is 1. The first-order valence-electron chi connectivity index (χ1n) is 11.7. The number of carboxylic acids is 1. The molecule has 17 nitrogen and oxygen atoms in total. The summed E-state index contributed by atoms with van der Waals surface area (Å²) < 4.78 is 0. The number of aliphatic hydroxyl groups excluding tert-OH is 1. The summed E-state index contributed by atoms with van der Waals surface area (Å²) in [4.78, 5) is 71.4. The minimum absolute atomic E-state index is 0.00186. The number of aliphatic carboxylic acids is 1. The van der Waals surface area contributed by atoms with Crippen LogP contribution in [0.1, 0.15) is 38.3 Å². The largest absolute Gasteiger partial charge is 0.480 e. The predicted molar refractivity (Wildman–Crippen MR) is 134 cm³/mol. The zero-order valence-corrected chi connectivity index (χ0v) is 20.9. The highest BCUT2D eigenvalue weighted by Gasteiger charge is 2.32. The summed E-state index contributed by atoms with van der Waals surface area (Å²) >= 11 is 0. The Hall–Kier alpha value is -4.25. The number of amides is 4. The second kappa shape index (κ2) is 15.8. The smallest absolute Gasteiger partial charge is 0.326 e. The number of primary amides is 1. The van der Waals surface area contributed by atoms with Gasteiger partial charge in [0.2, 0.25) is 23.6 Å². The molecule has 0 saturated heterocycles. The molecule has 0 saturated carbocycles. The van der Waals surface area contributed by atoms with E-state index < -0.39 is 59.9 Å². The molecule has 0 aromatic carbocycles. The summed E-state index contributed by atoms with van der Waals surface area (Å²) in [6, 6.07) is -5.33. The van der Waals surface area contributed by atoms with Crippen LogP contribution in [0.3, 0.4) is 0 Å². The Morgan fingerprint density at radius 2 is 1.68 bits per heavy atom. The molecule has 0 bridgehead atoms. The van der Waals surface area contributed by atoms with Crippen molar-refractivity contribution in [1.82, 2.24) is 25.9 Å². The van der Waals surface area contributed by atoms with Crippen LogP contribution in [0.2, 0.25) is 0 Å². The van der Waals surface area contributed by atoms with Gasteiger partial charge in [-0.15, -0.1) is 0 Å². The summed E-state index contributed by atoms with van der Waals surface area (Å²) in [7, 11) is 0. The second-order valence-electron chi connectivity index (χ2n) is 8.53. The number of H-pyrrole nitrogens is 1. The SMILES string of the molecule is CC(O)C(NC(=O)C(N)CCC(N)=O)C(=O)NC(Cc1cnc[nH]1)C(=O)NC(CCCN=C(N)N)C(=O)O. The molecule has 1 heterocycles.